The third kappa shape index (κ3) is 5.34. The van der Waals surface area contributed by atoms with E-state index in [9.17, 15) is 9.90 Å². The van der Waals surface area contributed by atoms with Crippen LogP contribution in [0, 0.1) is 46.3 Å². The van der Waals surface area contributed by atoms with E-state index in [-0.39, 0.29) is 23.6 Å². The summed E-state index contributed by atoms with van der Waals surface area (Å²) < 4.78 is 12.1. The fourth-order valence-electron chi connectivity index (χ4n) is 10.6. The highest BCUT2D eigenvalue weighted by Gasteiger charge is 2.64. The van der Waals surface area contributed by atoms with Crippen LogP contribution >= 0.6 is 0 Å². The van der Waals surface area contributed by atoms with Crippen molar-refractivity contribution in [2.45, 2.75) is 104 Å². The van der Waals surface area contributed by atoms with Gasteiger partial charge >= 0.3 is 5.97 Å². The maximum atomic E-state index is 12.0. The standard InChI is InChI=1S/C37H51NO4/c1-24(5-14-35(40)41-4)31-12-13-32-30-11-10-28-21-29(39)15-18-36(28,2)33(30)22-34(37(31,32)3)42-23-25-6-8-26(9-7-25)27-16-19-38-20-17-27/h6-9,16-17,19-20,24,28-34,39H,5,10-15,18,21-23H2,1-4H3/t24-,28-,29-,30+,31-,32+,33+,34+,36+,37-/m1/s1. The van der Waals surface area contributed by atoms with Crippen LogP contribution in [0.2, 0.25) is 0 Å². The molecule has 228 valence electrons. The van der Waals surface area contributed by atoms with Crippen molar-refractivity contribution < 1.29 is 19.4 Å². The predicted molar refractivity (Wildman–Crippen MR) is 165 cm³/mol. The van der Waals surface area contributed by atoms with Gasteiger partial charge in [0, 0.05) is 18.8 Å². The summed E-state index contributed by atoms with van der Waals surface area (Å²) in [4.78, 5) is 16.2. The molecule has 2 aromatic rings. The molecule has 1 aromatic heterocycles. The minimum Gasteiger partial charge on any atom is -0.469 e. The zero-order chi connectivity index (χ0) is 29.5. The summed E-state index contributed by atoms with van der Waals surface area (Å²) in [7, 11) is 1.50. The number of rotatable bonds is 8. The Balaban J connectivity index is 1.26. The topological polar surface area (TPSA) is 68.7 Å². The summed E-state index contributed by atoms with van der Waals surface area (Å²) in [5, 5.41) is 10.5. The van der Waals surface area contributed by atoms with Crippen molar-refractivity contribution in [1.82, 2.24) is 4.98 Å². The SMILES string of the molecule is COC(=O)CC[C@@H](C)[C@H]1CC[C@H]2[C@@H]3CC[C@@H]4C[C@H](O)CC[C@]4(C)[C@H]3C[C@H](OCc3ccc(-c4ccncc4)cc3)[C@]12C. The third-order valence-corrected chi connectivity index (χ3v) is 12.9. The molecule has 4 saturated carbocycles. The van der Waals surface area contributed by atoms with Crippen molar-refractivity contribution in [2.75, 3.05) is 7.11 Å². The molecular weight excluding hydrogens is 522 g/mol. The lowest BCUT2D eigenvalue weighted by Gasteiger charge is -2.63. The highest BCUT2D eigenvalue weighted by atomic mass is 16.5. The molecule has 5 nitrogen and oxygen atoms in total. The van der Waals surface area contributed by atoms with E-state index in [2.05, 4.69) is 62.2 Å². The molecule has 5 heteroatoms. The Morgan fingerprint density at radius 2 is 1.71 bits per heavy atom. The molecule has 4 fully saturated rings. The molecule has 0 spiro atoms. The second-order valence-corrected chi connectivity index (χ2v) is 14.7. The number of esters is 1. The number of ether oxygens (including phenoxy) is 2. The highest BCUT2D eigenvalue weighted by molar-refractivity contribution is 5.69. The summed E-state index contributed by atoms with van der Waals surface area (Å²) in [6.45, 7) is 8.10. The van der Waals surface area contributed by atoms with Crippen molar-refractivity contribution in [2.24, 2.45) is 46.3 Å². The number of carbonyl (C=O) groups is 1. The highest BCUT2D eigenvalue weighted by Crippen LogP contribution is 2.69. The molecule has 10 atom stereocenters. The monoisotopic (exact) mass is 573 g/mol. The Morgan fingerprint density at radius 1 is 0.976 bits per heavy atom. The van der Waals surface area contributed by atoms with Gasteiger partial charge in [-0.2, -0.15) is 0 Å². The van der Waals surface area contributed by atoms with Crippen LogP contribution in [-0.4, -0.2) is 35.4 Å². The fraction of sp³-hybridized carbons (Fsp3) is 0.676. The molecule has 0 radical (unpaired) electrons. The second kappa shape index (κ2) is 12.0. The van der Waals surface area contributed by atoms with Gasteiger partial charge in [-0.25, -0.2) is 0 Å². The molecule has 0 amide bonds. The van der Waals surface area contributed by atoms with Gasteiger partial charge in [0.15, 0.2) is 0 Å². The van der Waals surface area contributed by atoms with Gasteiger partial charge in [-0.15, -0.1) is 0 Å². The number of aliphatic hydroxyl groups is 1. The molecule has 0 saturated heterocycles. The molecule has 42 heavy (non-hydrogen) atoms. The summed E-state index contributed by atoms with van der Waals surface area (Å²) in [6.07, 6.45) is 14.4. The lowest BCUT2D eigenvalue weighted by atomic mass is 9.43. The first kappa shape index (κ1) is 29.8. The largest absolute Gasteiger partial charge is 0.469 e. The normalized spacial score (nSPS) is 38.2. The Bertz CT molecular complexity index is 1220. The summed E-state index contributed by atoms with van der Waals surface area (Å²) in [6, 6.07) is 12.9. The van der Waals surface area contributed by atoms with Crippen molar-refractivity contribution in [3.05, 3.63) is 54.4 Å². The van der Waals surface area contributed by atoms with Crippen LogP contribution in [0.5, 0.6) is 0 Å². The van der Waals surface area contributed by atoms with Crippen LogP contribution in [0.3, 0.4) is 0 Å². The van der Waals surface area contributed by atoms with Gasteiger partial charge < -0.3 is 14.6 Å². The van der Waals surface area contributed by atoms with Gasteiger partial charge in [-0.05, 0) is 133 Å². The predicted octanol–water partition coefficient (Wildman–Crippen LogP) is 7.85. The zero-order valence-corrected chi connectivity index (χ0v) is 26.1. The van der Waals surface area contributed by atoms with E-state index in [1.54, 1.807) is 0 Å². The lowest BCUT2D eigenvalue weighted by Crippen LogP contribution is -2.59. The molecule has 1 heterocycles. The fourth-order valence-corrected chi connectivity index (χ4v) is 10.6. The first-order valence-electron chi connectivity index (χ1n) is 16.6. The molecule has 0 bridgehead atoms. The van der Waals surface area contributed by atoms with Crippen LogP contribution in [0.1, 0.15) is 90.5 Å². The van der Waals surface area contributed by atoms with E-state index in [4.69, 9.17) is 9.47 Å². The van der Waals surface area contributed by atoms with E-state index < -0.39 is 0 Å². The molecule has 0 aliphatic heterocycles. The average molecular weight is 574 g/mol. The maximum Gasteiger partial charge on any atom is 0.305 e. The van der Waals surface area contributed by atoms with Crippen LogP contribution in [0.15, 0.2) is 48.8 Å². The molecule has 6 rings (SSSR count). The van der Waals surface area contributed by atoms with E-state index in [0.29, 0.717) is 48.0 Å². The first-order chi connectivity index (χ1) is 20.2. The van der Waals surface area contributed by atoms with Crippen molar-refractivity contribution in [3.8, 4) is 11.1 Å². The van der Waals surface area contributed by atoms with Gasteiger partial charge in [0.25, 0.3) is 0 Å². The van der Waals surface area contributed by atoms with Crippen LogP contribution in [0.4, 0.5) is 0 Å². The molecule has 1 aromatic carbocycles. The number of aromatic nitrogens is 1. The van der Waals surface area contributed by atoms with Gasteiger partial charge in [0.1, 0.15) is 0 Å². The van der Waals surface area contributed by atoms with E-state index in [0.717, 1.165) is 38.0 Å². The molecule has 0 unspecified atom stereocenters. The second-order valence-electron chi connectivity index (χ2n) is 14.7. The van der Waals surface area contributed by atoms with Crippen molar-refractivity contribution in [3.63, 3.8) is 0 Å². The van der Waals surface area contributed by atoms with Crippen LogP contribution in [-0.2, 0) is 20.9 Å². The smallest absolute Gasteiger partial charge is 0.305 e. The quantitative estimate of drug-likeness (QED) is 0.326. The molecule has 4 aliphatic carbocycles. The first-order valence-corrected chi connectivity index (χ1v) is 16.6. The Hall–Kier alpha value is -2.24. The van der Waals surface area contributed by atoms with E-state index >= 15 is 0 Å². The third-order valence-electron chi connectivity index (χ3n) is 12.9. The van der Waals surface area contributed by atoms with Crippen molar-refractivity contribution >= 4 is 5.97 Å². The van der Waals surface area contributed by atoms with Gasteiger partial charge in [0.05, 0.1) is 25.9 Å². The van der Waals surface area contributed by atoms with Crippen molar-refractivity contribution in [1.29, 1.82) is 0 Å². The van der Waals surface area contributed by atoms with Gasteiger partial charge in [-0.3, -0.25) is 9.78 Å². The number of fused-ring (bicyclic) bond motifs is 5. The lowest BCUT2D eigenvalue weighted by molar-refractivity contribution is -0.193. The summed E-state index contributed by atoms with van der Waals surface area (Å²) in [5.41, 5.74) is 4.00. The number of hydrogen-bond donors (Lipinski definition) is 1. The molecular formula is C37H51NO4. The minimum absolute atomic E-state index is 0.0981. The molecule has 1 N–H and O–H groups in total. The zero-order valence-electron chi connectivity index (χ0n) is 26.1. The number of benzene rings is 1. The van der Waals surface area contributed by atoms with Gasteiger partial charge in [0.2, 0.25) is 0 Å². The van der Waals surface area contributed by atoms with E-state index in [1.807, 2.05) is 12.4 Å². The number of aliphatic hydroxyl groups excluding tert-OH is 1. The number of methoxy groups -OCH3 is 1. The Labute approximate surface area is 252 Å². The number of carbonyl (C=O) groups excluding carboxylic acids is 1. The number of nitrogens with zero attached hydrogens (tertiary/aromatic N) is 1. The minimum atomic E-state index is -0.123. The van der Waals surface area contributed by atoms with E-state index in [1.165, 1.54) is 49.5 Å². The summed E-state index contributed by atoms with van der Waals surface area (Å²) in [5.74, 6) is 3.59. The Morgan fingerprint density at radius 3 is 2.45 bits per heavy atom. The maximum absolute atomic E-state index is 12.0. The Kier molecular flexibility index (Phi) is 8.54. The summed E-state index contributed by atoms with van der Waals surface area (Å²) >= 11 is 0. The van der Waals surface area contributed by atoms with Gasteiger partial charge in [-0.1, -0.05) is 45.0 Å². The number of pyridine rings is 1. The average Bonchev–Trinajstić information content (AvgIpc) is 3.37. The molecule has 4 aliphatic rings. The van der Waals surface area contributed by atoms with Crippen LogP contribution in [0.25, 0.3) is 11.1 Å². The van der Waals surface area contributed by atoms with Crippen LogP contribution < -0.4 is 0 Å². The number of hydrogen-bond acceptors (Lipinski definition) is 5.